The molecule has 2 rings (SSSR count). The molecule has 1 aromatic heterocycles. The Kier molecular flexibility index (Phi) is 3.78. The molecule has 1 atom stereocenters. The molecule has 1 aliphatic heterocycles. The lowest BCUT2D eigenvalue weighted by Gasteiger charge is -2.20. The Hall–Kier alpha value is -1.66. The van der Waals surface area contributed by atoms with Crippen LogP contribution in [0.25, 0.3) is 0 Å². The van der Waals surface area contributed by atoms with E-state index in [1.54, 1.807) is 12.1 Å². The third-order valence-corrected chi connectivity index (χ3v) is 2.89. The van der Waals surface area contributed by atoms with Crippen LogP contribution in [-0.4, -0.2) is 41.4 Å². The second-order valence-electron chi connectivity index (χ2n) is 4.56. The fourth-order valence-corrected chi connectivity index (χ4v) is 1.77. The molecule has 6 heteroatoms. The van der Waals surface area contributed by atoms with Crippen molar-refractivity contribution in [1.29, 1.82) is 0 Å². The average Bonchev–Trinajstić information content (AvgIpc) is 2.78. The van der Waals surface area contributed by atoms with E-state index in [-0.39, 0.29) is 25.5 Å². The molecular formula is C12H17N3O3. The smallest absolute Gasteiger partial charge is 0.226 e. The number of carbonyl (C=O) groups excluding carboxylic acids is 1. The third-order valence-electron chi connectivity index (χ3n) is 2.89. The number of nitrogens with two attached hydrogens (primary N) is 1. The second-order valence-corrected chi connectivity index (χ2v) is 4.56. The number of hydrogen-bond donors (Lipinski definition) is 3. The molecule has 1 saturated heterocycles. The quantitative estimate of drug-likeness (QED) is 0.668. The van der Waals surface area contributed by atoms with Crippen molar-refractivity contribution >= 4 is 11.6 Å². The molecule has 0 aromatic carbocycles. The highest BCUT2D eigenvalue weighted by atomic mass is 16.5. The van der Waals surface area contributed by atoms with Gasteiger partial charge in [0.25, 0.3) is 0 Å². The number of hydrogen-bond acceptors (Lipinski definition) is 5. The highest BCUT2D eigenvalue weighted by Gasteiger charge is 2.32. The van der Waals surface area contributed by atoms with Crippen molar-refractivity contribution in [3.63, 3.8) is 0 Å². The Balaban J connectivity index is 1.80. The summed E-state index contributed by atoms with van der Waals surface area (Å²) < 4.78 is 5.10. The number of nitrogen functional groups attached to an aromatic ring is 1. The minimum Gasteiger partial charge on any atom is -0.397 e. The molecule has 1 aliphatic rings. The Morgan fingerprint density at radius 3 is 3.06 bits per heavy atom. The first kappa shape index (κ1) is 12.8. The van der Waals surface area contributed by atoms with Crippen LogP contribution in [0.3, 0.4) is 0 Å². The van der Waals surface area contributed by atoms with Gasteiger partial charge < -0.3 is 20.9 Å². The molecule has 0 spiro atoms. The van der Waals surface area contributed by atoms with Crippen LogP contribution in [0, 0.1) is 0 Å². The lowest BCUT2D eigenvalue weighted by Crippen LogP contribution is -2.43. The van der Waals surface area contributed by atoms with E-state index in [0.29, 0.717) is 24.4 Å². The molecule has 1 amide bonds. The largest absolute Gasteiger partial charge is 0.397 e. The van der Waals surface area contributed by atoms with E-state index in [1.807, 2.05) is 0 Å². The maximum Gasteiger partial charge on any atom is 0.226 e. The van der Waals surface area contributed by atoms with Gasteiger partial charge >= 0.3 is 0 Å². The fraction of sp³-hybridized carbons (Fsp3) is 0.500. The van der Waals surface area contributed by atoms with Crippen LogP contribution >= 0.6 is 0 Å². The number of aromatic nitrogens is 1. The number of rotatable bonds is 4. The van der Waals surface area contributed by atoms with Crippen molar-refractivity contribution in [2.75, 3.05) is 25.5 Å². The van der Waals surface area contributed by atoms with Gasteiger partial charge in [-0.05, 0) is 12.1 Å². The van der Waals surface area contributed by atoms with Gasteiger partial charge in [0.1, 0.15) is 5.60 Å². The fourth-order valence-electron chi connectivity index (χ4n) is 1.77. The van der Waals surface area contributed by atoms with Gasteiger partial charge in [-0.1, -0.05) is 0 Å². The zero-order valence-corrected chi connectivity index (χ0v) is 10.1. The molecule has 2 heterocycles. The van der Waals surface area contributed by atoms with Crippen molar-refractivity contribution in [3.05, 3.63) is 24.0 Å². The highest BCUT2D eigenvalue weighted by molar-refractivity contribution is 5.78. The molecule has 1 aromatic rings. The zero-order valence-electron chi connectivity index (χ0n) is 10.1. The predicted octanol–water partition coefficient (Wildman–Crippen LogP) is -0.526. The lowest BCUT2D eigenvalue weighted by molar-refractivity contribution is -0.121. The number of carbonyl (C=O) groups is 1. The first-order valence-corrected chi connectivity index (χ1v) is 5.85. The van der Waals surface area contributed by atoms with E-state index < -0.39 is 5.60 Å². The molecule has 0 saturated carbocycles. The molecular weight excluding hydrogens is 234 g/mol. The van der Waals surface area contributed by atoms with Gasteiger partial charge in [-0.3, -0.25) is 9.78 Å². The summed E-state index contributed by atoms with van der Waals surface area (Å²) in [6.07, 6.45) is 2.24. The monoisotopic (exact) mass is 251 g/mol. The minimum absolute atomic E-state index is 0.174. The number of pyridine rings is 1. The van der Waals surface area contributed by atoms with Gasteiger partial charge in [-0.2, -0.15) is 0 Å². The first-order valence-electron chi connectivity index (χ1n) is 5.85. The van der Waals surface area contributed by atoms with E-state index in [9.17, 15) is 9.90 Å². The van der Waals surface area contributed by atoms with Gasteiger partial charge in [0.05, 0.1) is 24.9 Å². The summed E-state index contributed by atoms with van der Waals surface area (Å²) >= 11 is 0. The number of nitrogens with zero attached hydrogens (tertiary/aromatic N) is 1. The molecule has 0 bridgehead atoms. The highest BCUT2D eigenvalue weighted by Crippen LogP contribution is 2.16. The summed E-state index contributed by atoms with van der Waals surface area (Å²) in [5, 5.41) is 12.7. The van der Waals surface area contributed by atoms with Crippen LogP contribution in [0.4, 0.5) is 5.69 Å². The molecule has 1 unspecified atom stereocenters. The maximum atomic E-state index is 11.7. The number of amides is 1. The Bertz CT molecular complexity index is 413. The normalized spacial score (nSPS) is 22.9. The van der Waals surface area contributed by atoms with Gasteiger partial charge in [-0.25, -0.2) is 0 Å². The number of aliphatic hydroxyl groups is 1. The van der Waals surface area contributed by atoms with E-state index in [0.717, 1.165) is 0 Å². The Labute approximate surface area is 105 Å². The van der Waals surface area contributed by atoms with Gasteiger partial charge in [0.2, 0.25) is 5.91 Å². The van der Waals surface area contributed by atoms with Crippen LogP contribution in [0.5, 0.6) is 0 Å². The summed E-state index contributed by atoms with van der Waals surface area (Å²) in [4.78, 5) is 15.7. The minimum atomic E-state index is -0.926. The summed E-state index contributed by atoms with van der Waals surface area (Å²) in [6.45, 7) is 1.01. The van der Waals surface area contributed by atoms with Crippen LogP contribution in [0.15, 0.2) is 18.3 Å². The number of anilines is 1. The van der Waals surface area contributed by atoms with Gasteiger partial charge in [0, 0.05) is 25.3 Å². The molecule has 98 valence electrons. The van der Waals surface area contributed by atoms with E-state index in [1.165, 1.54) is 6.20 Å². The van der Waals surface area contributed by atoms with Crippen molar-refractivity contribution in [2.24, 2.45) is 0 Å². The van der Waals surface area contributed by atoms with Crippen LogP contribution in [-0.2, 0) is 16.0 Å². The molecule has 6 nitrogen and oxygen atoms in total. The summed E-state index contributed by atoms with van der Waals surface area (Å²) in [6, 6.07) is 3.41. The standard InChI is InChI=1S/C12H17N3O3/c13-9-1-2-10(14-6-9)5-11(16)15-7-12(17)3-4-18-8-12/h1-2,6,17H,3-5,7-8,13H2,(H,15,16). The Morgan fingerprint density at radius 2 is 2.44 bits per heavy atom. The van der Waals surface area contributed by atoms with Crippen molar-refractivity contribution in [1.82, 2.24) is 10.3 Å². The molecule has 0 radical (unpaired) electrons. The first-order chi connectivity index (χ1) is 8.57. The predicted molar refractivity (Wildman–Crippen MR) is 65.7 cm³/mol. The van der Waals surface area contributed by atoms with E-state index >= 15 is 0 Å². The third kappa shape index (κ3) is 3.41. The topological polar surface area (TPSA) is 97.5 Å². The van der Waals surface area contributed by atoms with Crippen LogP contribution in [0.2, 0.25) is 0 Å². The number of ether oxygens (including phenoxy) is 1. The van der Waals surface area contributed by atoms with Crippen molar-refractivity contribution in [3.8, 4) is 0 Å². The van der Waals surface area contributed by atoms with Gasteiger partial charge in [-0.15, -0.1) is 0 Å². The lowest BCUT2D eigenvalue weighted by atomic mass is 10.0. The van der Waals surface area contributed by atoms with Crippen molar-refractivity contribution in [2.45, 2.75) is 18.4 Å². The number of nitrogens with one attached hydrogen (secondary N) is 1. The summed E-state index contributed by atoms with van der Waals surface area (Å²) in [7, 11) is 0. The molecule has 0 aliphatic carbocycles. The van der Waals surface area contributed by atoms with Crippen molar-refractivity contribution < 1.29 is 14.6 Å². The molecule has 1 fully saturated rings. The maximum absolute atomic E-state index is 11.7. The summed E-state index contributed by atoms with van der Waals surface area (Å²) in [5.74, 6) is -0.174. The van der Waals surface area contributed by atoms with Crippen LogP contribution < -0.4 is 11.1 Å². The summed E-state index contributed by atoms with van der Waals surface area (Å²) in [5.41, 5.74) is 5.80. The van der Waals surface area contributed by atoms with E-state index in [2.05, 4.69) is 10.3 Å². The molecule has 4 N–H and O–H groups in total. The van der Waals surface area contributed by atoms with E-state index in [4.69, 9.17) is 10.5 Å². The Morgan fingerprint density at radius 1 is 1.61 bits per heavy atom. The zero-order chi connectivity index (χ0) is 13.0. The second kappa shape index (κ2) is 5.32. The molecule has 18 heavy (non-hydrogen) atoms. The van der Waals surface area contributed by atoms with Crippen LogP contribution in [0.1, 0.15) is 12.1 Å². The van der Waals surface area contributed by atoms with Gasteiger partial charge in [0.15, 0.2) is 0 Å². The average molecular weight is 251 g/mol. The SMILES string of the molecule is Nc1ccc(CC(=O)NCC2(O)CCOC2)nc1.